The first-order chi connectivity index (χ1) is 15.6. The highest BCUT2D eigenvalue weighted by molar-refractivity contribution is 7.22. The third-order valence-corrected chi connectivity index (χ3v) is 7.30. The number of hydrogen-bond acceptors (Lipinski definition) is 5. The van der Waals surface area contributed by atoms with Crippen molar-refractivity contribution < 1.29 is 15.0 Å². The molecule has 0 aliphatic carbocycles. The minimum Gasteiger partial charge on any atom is -0.508 e. The van der Waals surface area contributed by atoms with Crippen molar-refractivity contribution >= 4 is 27.2 Å². The van der Waals surface area contributed by atoms with Crippen LogP contribution >= 0.6 is 11.3 Å². The average Bonchev–Trinajstić information content (AvgIpc) is 3.18. The molecule has 1 aromatic heterocycles. The van der Waals surface area contributed by atoms with E-state index in [2.05, 4.69) is 17.0 Å². The summed E-state index contributed by atoms with van der Waals surface area (Å²) in [7, 11) is 0. The molecule has 1 fully saturated rings. The van der Waals surface area contributed by atoms with Gasteiger partial charge in [0.25, 0.3) is 0 Å². The summed E-state index contributed by atoms with van der Waals surface area (Å²) in [6.45, 7) is 3.21. The maximum absolute atomic E-state index is 13.7. The highest BCUT2D eigenvalue weighted by Crippen LogP contribution is 2.41. The van der Waals surface area contributed by atoms with E-state index in [4.69, 9.17) is 0 Å². The van der Waals surface area contributed by atoms with Crippen molar-refractivity contribution in [3.63, 3.8) is 0 Å². The van der Waals surface area contributed by atoms with Crippen molar-refractivity contribution in [1.82, 2.24) is 4.90 Å². The molecule has 0 radical (unpaired) electrons. The van der Waals surface area contributed by atoms with E-state index in [-0.39, 0.29) is 17.3 Å². The fourth-order valence-electron chi connectivity index (χ4n) is 4.41. The van der Waals surface area contributed by atoms with E-state index in [0.717, 1.165) is 40.2 Å². The highest BCUT2D eigenvalue weighted by Gasteiger charge is 2.22. The number of aromatic hydroxyl groups is 2. The third-order valence-electron chi connectivity index (χ3n) is 6.10. The molecule has 32 heavy (non-hydrogen) atoms. The van der Waals surface area contributed by atoms with Gasteiger partial charge in [-0.25, -0.2) is 0 Å². The van der Waals surface area contributed by atoms with Gasteiger partial charge < -0.3 is 10.2 Å². The molecule has 0 unspecified atom stereocenters. The van der Waals surface area contributed by atoms with Crippen LogP contribution in [0.25, 0.3) is 20.5 Å². The average molecular weight is 444 g/mol. The lowest BCUT2D eigenvalue weighted by Gasteiger charge is -2.26. The molecule has 2 N–H and O–H groups in total. The number of benzene rings is 3. The second-order valence-corrected chi connectivity index (χ2v) is 9.45. The topological polar surface area (TPSA) is 60.8 Å². The van der Waals surface area contributed by atoms with Gasteiger partial charge in [-0.05, 0) is 79.5 Å². The minimum absolute atomic E-state index is 0.0328. The van der Waals surface area contributed by atoms with E-state index in [0.29, 0.717) is 11.1 Å². The van der Waals surface area contributed by atoms with E-state index in [1.54, 1.807) is 24.3 Å². The lowest BCUT2D eigenvalue weighted by molar-refractivity contribution is 0.104. The maximum Gasteiger partial charge on any atom is 0.195 e. The zero-order chi connectivity index (χ0) is 22.1. The summed E-state index contributed by atoms with van der Waals surface area (Å²) in [5.41, 5.74) is 3.38. The number of phenols is 2. The monoisotopic (exact) mass is 443 g/mol. The van der Waals surface area contributed by atoms with Crippen LogP contribution in [0, 0.1) is 0 Å². The Bertz CT molecular complexity index is 1250. The standard InChI is InChI=1S/C27H25NO3S/c29-21-10-8-20(9-11-21)27-25(23-13-12-22(30)16-24(23)32-27)26(31)19-6-4-18(5-7-19)17-28-14-2-1-3-15-28/h4-13,16,29-30H,1-3,14-15,17H2. The summed E-state index contributed by atoms with van der Waals surface area (Å²) in [6.07, 6.45) is 3.84. The van der Waals surface area contributed by atoms with Gasteiger partial charge in [0.2, 0.25) is 0 Å². The Hall–Kier alpha value is -3.15. The summed E-state index contributed by atoms with van der Waals surface area (Å²) < 4.78 is 0.859. The van der Waals surface area contributed by atoms with Crippen LogP contribution in [0.2, 0.25) is 0 Å². The lowest BCUT2D eigenvalue weighted by atomic mass is 9.96. The van der Waals surface area contributed by atoms with Gasteiger partial charge in [-0.3, -0.25) is 9.69 Å². The van der Waals surface area contributed by atoms with E-state index in [9.17, 15) is 15.0 Å². The predicted molar refractivity (Wildman–Crippen MR) is 130 cm³/mol. The number of carbonyl (C=O) groups excluding carboxylic acids is 1. The largest absolute Gasteiger partial charge is 0.508 e. The van der Waals surface area contributed by atoms with Gasteiger partial charge in [0.05, 0.1) is 0 Å². The van der Waals surface area contributed by atoms with Crippen LogP contribution in [0.3, 0.4) is 0 Å². The Morgan fingerprint density at radius 1 is 0.844 bits per heavy atom. The summed E-state index contributed by atoms with van der Waals surface area (Å²) in [5, 5.41) is 20.5. The van der Waals surface area contributed by atoms with Gasteiger partial charge in [-0.2, -0.15) is 0 Å². The number of fused-ring (bicyclic) bond motifs is 1. The Morgan fingerprint density at radius 2 is 1.53 bits per heavy atom. The molecule has 1 saturated heterocycles. The van der Waals surface area contributed by atoms with Crippen molar-refractivity contribution in [1.29, 1.82) is 0 Å². The number of piperidine rings is 1. The number of rotatable bonds is 5. The van der Waals surface area contributed by atoms with Gasteiger partial charge in [-0.15, -0.1) is 11.3 Å². The Balaban J connectivity index is 1.51. The molecule has 3 aromatic carbocycles. The first kappa shape index (κ1) is 20.7. The van der Waals surface area contributed by atoms with Gasteiger partial charge in [0, 0.05) is 32.6 Å². The fourth-order valence-corrected chi connectivity index (χ4v) is 5.65. The quantitative estimate of drug-likeness (QED) is 0.361. The first-order valence-electron chi connectivity index (χ1n) is 11.0. The number of thiophene rings is 1. The Kier molecular flexibility index (Phi) is 5.68. The zero-order valence-electron chi connectivity index (χ0n) is 17.8. The number of likely N-dealkylation sites (tertiary alicyclic amines) is 1. The van der Waals surface area contributed by atoms with Crippen LogP contribution in [0.4, 0.5) is 0 Å². The molecular weight excluding hydrogens is 418 g/mol. The summed E-state index contributed by atoms with van der Waals surface area (Å²) in [4.78, 5) is 17.0. The molecule has 0 amide bonds. The fraction of sp³-hybridized carbons (Fsp3) is 0.222. The number of phenolic OH excluding ortho intramolecular Hbond substituents is 2. The van der Waals surface area contributed by atoms with Gasteiger partial charge >= 0.3 is 0 Å². The van der Waals surface area contributed by atoms with Gasteiger partial charge in [0.1, 0.15) is 11.5 Å². The molecule has 0 bridgehead atoms. The Labute approximate surface area is 191 Å². The number of nitrogens with zero attached hydrogens (tertiary/aromatic N) is 1. The molecule has 4 aromatic rings. The van der Waals surface area contributed by atoms with Crippen LogP contribution in [0.5, 0.6) is 11.5 Å². The van der Waals surface area contributed by atoms with Crippen molar-refractivity contribution in [2.75, 3.05) is 13.1 Å². The molecule has 5 heteroatoms. The van der Waals surface area contributed by atoms with E-state index < -0.39 is 0 Å². The van der Waals surface area contributed by atoms with E-state index in [1.165, 1.54) is 36.2 Å². The van der Waals surface area contributed by atoms with Crippen LogP contribution in [0.15, 0.2) is 66.7 Å². The molecule has 162 valence electrons. The number of carbonyl (C=O) groups is 1. The molecule has 4 nitrogen and oxygen atoms in total. The summed E-state index contributed by atoms with van der Waals surface area (Å²) >= 11 is 1.48. The molecule has 1 aliphatic rings. The molecule has 0 saturated carbocycles. The van der Waals surface area contributed by atoms with Gasteiger partial charge in [-0.1, -0.05) is 30.7 Å². The summed E-state index contributed by atoms with van der Waals surface area (Å²) in [5.74, 6) is 0.330. The Morgan fingerprint density at radius 3 is 2.25 bits per heavy atom. The van der Waals surface area contributed by atoms with Crippen LogP contribution < -0.4 is 0 Å². The number of hydrogen-bond donors (Lipinski definition) is 2. The molecule has 0 spiro atoms. The van der Waals surface area contributed by atoms with E-state index >= 15 is 0 Å². The van der Waals surface area contributed by atoms with Crippen molar-refractivity contribution in [3.05, 3.63) is 83.4 Å². The SMILES string of the molecule is O=C(c1ccc(CN2CCCCC2)cc1)c1c(-c2ccc(O)cc2)sc2cc(O)ccc12. The lowest BCUT2D eigenvalue weighted by Crippen LogP contribution is -2.29. The second-order valence-electron chi connectivity index (χ2n) is 8.40. The molecule has 1 aliphatic heterocycles. The molecule has 5 rings (SSSR count). The second kappa shape index (κ2) is 8.77. The summed E-state index contributed by atoms with van der Waals surface area (Å²) in [6, 6.07) is 20.0. The number of ketones is 1. The first-order valence-corrected chi connectivity index (χ1v) is 11.8. The van der Waals surface area contributed by atoms with Crippen molar-refractivity contribution in [2.24, 2.45) is 0 Å². The molecule has 2 heterocycles. The van der Waals surface area contributed by atoms with E-state index in [1.807, 2.05) is 30.3 Å². The van der Waals surface area contributed by atoms with Gasteiger partial charge in [0.15, 0.2) is 5.78 Å². The predicted octanol–water partition coefficient (Wildman–Crippen LogP) is 6.20. The molecule has 0 atom stereocenters. The zero-order valence-corrected chi connectivity index (χ0v) is 18.6. The molecular formula is C27H25NO3S. The highest BCUT2D eigenvalue weighted by atomic mass is 32.1. The normalized spacial score (nSPS) is 14.6. The van der Waals surface area contributed by atoms with Crippen LogP contribution in [-0.2, 0) is 6.54 Å². The van der Waals surface area contributed by atoms with Crippen LogP contribution in [0.1, 0.15) is 40.7 Å². The van der Waals surface area contributed by atoms with Crippen molar-refractivity contribution in [3.8, 4) is 21.9 Å². The maximum atomic E-state index is 13.7. The van der Waals surface area contributed by atoms with Crippen LogP contribution in [-0.4, -0.2) is 34.0 Å². The van der Waals surface area contributed by atoms with Crippen molar-refractivity contribution in [2.45, 2.75) is 25.8 Å². The minimum atomic E-state index is -0.0328. The third kappa shape index (κ3) is 4.14. The smallest absolute Gasteiger partial charge is 0.195 e.